The molecule has 5 heteroatoms. The zero-order valence-corrected chi connectivity index (χ0v) is 14.8. The van der Waals surface area contributed by atoms with Crippen molar-refractivity contribution in [2.45, 2.75) is 25.7 Å². The maximum Gasteiger partial charge on any atom is 0.0653 e. The highest BCUT2D eigenvalue weighted by molar-refractivity contribution is 6.31. The molecule has 0 spiro atoms. The van der Waals surface area contributed by atoms with Gasteiger partial charge >= 0.3 is 0 Å². The molecule has 3 rings (SSSR count). The molecule has 0 bridgehead atoms. The van der Waals surface area contributed by atoms with Gasteiger partial charge in [-0.05, 0) is 29.7 Å². The Morgan fingerprint density at radius 1 is 1.22 bits per heavy atom. The summed E-state index contributed by atoms with van der Waals surface area (Å²) in [7, 11) is 4.03. The van der Waals surface area contributed by atoms with Crippen molar-refractivity contribution < 1.29 is 0 Å². The highest BCUT2D eigenvalue weighted by Gasteiger charge is 2.22. The van der Waals surface area contributed by atoms with E-state index in [0.717, 1.165) is 21.9 Å². The maximum absolute atomic E-state index is 6.14. The zero-order chi connectivity index (χ0) is 16.7. The molecule has 23 heavy (non-hydrogen) atoms. The number of aryl methyl sites for hydroxylation is 2. The number of hydrogen-bond donors (Lipinski definition) is 1. The van der Waals surface area contributed by atoms with Gasteiger partial charge < -0.3 is 10.3 Å². The van der Waals surface area contributed by atoms with Crippen molar-refractivity contribution >= 4 is 22.5 Å². The van der Waals surface area contributed by atoms with Gasteiger partial charge in [0.1, 0.15) is 0 Å². The van der Waals surface area contributed by atoms with Gasteiger partial charge in [-0.3, -0.25) is 4.68 Å². The SMILES string of the molecule is CC(C)c1cc(C(CN)c2cn(C)c3cc(Cl)ccc23)n(C)n1. The van der Waals surface area contributed by atoms with Gasteiger partial charge in [0.15, 0.2) is 0 Å². The minimum Gasteiger partial charge on any atom is -0.350 e. The Hall–Kier alpha value is -1.78. The molecular formula is C18H23ClN4. The summed E-state index contributed by atoms with van der Waals surface area (Å²) in [6, 6.07) is 8.19. The van der Waals surface area contributed by atoms with Crippen LogP contribution in [0.4, 0.5) is 0 Å². The summed E-state index contributed by atoms with van der Waals surface area (Å²) in [5, 5.41) is 6.58. The summed E-state index contributed by atoms with van der Waals surface area (Å²) in [6.45, 7) is 4.85. The first-order chi connectivity index (χ1) is 10.9. The monoisotopic (exact) mass is 330 g/mol. The smallest absolute Gasteiger partial charge is 0.0653 e. The average molecular weight is 331 g/mol. The number of hydrogen-bond acceptors (Lipinski definition) is 2. The highest BCUT2D eigenvalue weighted by Crippen LogP contribution is 2.33. The molecule has 2 heterocycles. The molecule has 4 nitrogen and oxygen atoms in total. The lowest BCUT2D eigenvalue weighted by molar-refractivity contribution is 0.650. The molecular weight excluding hydrogens is 308 g/mol. The van der Waals surface area contributed by atoms with Crippen LogP contribution in [0.25, 0.3) is 10.9 Å². The molecule has 0 amide bonds. The average Bonchev–Trinajstić information content (AvgIpc) is 3.03. The number of rotatable bonds is 4. The van der Waals surface area contributed by atoms with E-state index < -0.39 is 0 Å². The standard InChI is InChI=1S/C18H23ClN4/c1-11(2)16-8-18(23(4)21-16)14(9-20)15-10-22(3)17-7-12(19)5-6-13(15)17/h5-8,10-11,14H,9,20H2,1-4H3. The minimum atomic E-state index is 0.116. The van der Waals surface area contributed by atoms with E-state index in [-0.39, 0.29) is 5.92 Å². The van der Waals surface area contributed by atoms with Crippen LogP contribution < -0.4 is 5.73 Å². The van der Waals surface area contributed by atoms with Crippen LogP contribution in [0.5, 0.6) is 0 Å². The molecule has 0 radical (unpaired) electrons. The second-order valence-electron chi connectivity index (χ2n) is 6.42. The van der Waals surface area contributed by atoms with E-state index in [1.807, 2.05) is 30.9 Å². The van der Waals surface area contributed by atoms with E-state index in [9.17, 15) is 0 Å². The summed E-state index contributed by atoms with van der Waals surface area (Å²) in [4.78, 5) is 0. The Balaban J connectivity index is 2.15. The molecule has 122 valence electrons. The molecule has 0 fully saturated rings. The quantitative estimate of drug-likeness (QED) is 0.791. The molecule has 0 aliphatic heterocycles. The van der Waals surface area contributed by atoms with Crippen LogP contribution in [-0.4, -0.2) is 20.9 Å². The molecule has 0 aliphatic carbocycles. The van der Waals surface area contributed by atoms with Gasteiger partial charge in [0.25, 0.3) is 0 Å². The van der Waals surface area contributed by atoms with E-state index >= 15 is 0 Å². The van der Waals surface area contributed by atoms with Crippen LogP contribution in [0.15, 0.2) is 30.5 Å². The Morgan fingerprint density at radius 3 is 2.57 bits per heavy atom. The third-order valence-electron chi connectivity index (χ3n) is 4.48. The molecule has 3 aromatic rings. The number of benzene rings is 1. The Kier molecular flexibility index (Phi) is 4.21. The zero-order valence-electron chi connectivity index (χ0n) is 14.0. The van der Waals surface area contributed by atoms with Gasteiger partial charge in [-0.1, -0.05) is 31.5 Å². The van der Waals surface area contributed by atoms with Crippen molar-refractivity contribution in [3.63, 3.8) is 0 Å². The second-order valence-corrected chi connectivity index (χ2v) is 6.85. The first kappa shape index (κ1) is 16.1. The highest BCUT2D eigenvalue weighted by atomic mass is 35.5. The first-order valence-electron chi connectivity index (χ1n) is 7.90. The maximum atomic E-state index is 6.14. The fourth-order valence-corrected chi connectivity index (χ4v) is 3.35. The normalized spacial score (nSPS) is 13.2. The number of fused-ring (bicyclic) bond motifs is 1. The number of nitrogens with zero attached hydrogens (tertiary/aromatic N) is 3. The van der Waals surface area contributed by atoms with Crippen LogP contribution >= 0.6 is 11.6 Å². The van der Waals surface area contributed by atoms with Crippen molar-refractivity contribution in [2.24, 2.45) is 19.8 Å². The van der Waals surface area contributed by atoms with Gasteiger partial charge in [-0.25, -0.2) is 0 Å². The van der Waals surface area contributed by atoms with Gasteiger partial charge in [-0.2, -0.15) is 5.10 Å². The minimum absolute atomic E-state index is 0.116. The number of halogens is 1. The predicted octanol–water partition coefficient (Wildman–Crippen LogP) is 3.78. The Bertz CT molecular complexity index is 844. The van der Waals surface area contributed by atoms with Crippen LogP contribution in [0, 0.1) is 0 Å². The number of aromatic nitrogens is 3. The van der Waals surface area contributed by atoms with Crippen LogP contribution in [-0.2, 0) is 14.1 Å². The van der Waals surface area contributed by atoms with Crippen molar-refractivity contribution in [1.82, 2.24) is 14.3 Å². The fourth-order valence-electron chi connectivity index (χ4n) is 3.19. The molecule has 1 unspecified atom stereocenters. The largest absolute Gasteiger partial charge is 0.350 e. The van der Waals surface area contributed by atoms with Gasteiger partial charge in [0.2, 0.25) is 0 Å². The summed E-state index contributed by atoms with van der Waals surface area (Å²) in [5.74, 6) is 0.518. The third-order valence-corrected chi connectivity index (χ3v) is 4.71. The van der Waals surface area contributed by atoms with E-state index in [0.29, 0.717) is 12.5 Å². The Morgan fingerprint density at radius 2 is 1.96 bits per heavy atom. The molecule has 1 aromatic carbocycles. The van der Waals surface area contributed by atoms with Crippen LogP contribution in [0.1, 0.15) is 42.6 Å². The van der Waals surface area contributed by atoms with Crippen molar-refractivity contribution in [2.75, 3.05) is 6.54 Å². The number of nitrogens with two attached hydrogens (primary N) is 1. The topological polar surface area (TPSA) is 48.8 Å². The molecule has 0 aliphatic rings. The van der Waals surface area contributed by atoms with Gasteiger partial charge in [-0.15, -0.1) is 0 Å². The summed E-state index contributed by atoms with van der Waals surface area (Å²) in [5.41, 5.74) is 10.7. The van der Waals surface area contributed by atoms with Gasteiger partial charge in [0, 0.05) is 54.4 Å². The molecule has 1 atom stereocenters. The predicted molar refractivity (Wildman–Crippen MR) is 96.1 cm³/mol. The van der Waals surface area contributed by atoms with Crippen molar-refractivity contribution in [3.05, 3.63) is 52.4 Å². The lowest BCUT2D eigenvalue weighted by Gasteiger charge is -2.14. The molecule has 2 N–H and O–H groups in total. The van der Waals surface area contributed by atoms with E-state index in [1.165, 1.54) is 10.9 Å². The third kappa shape index (κ3) is 2.77. The van der Waals surface area contributed by atoms with Crippen LogP contribution in [0.3, 0.4) is 0 Å². The van der Waals surface area contributed by atoms with E-state index in [2.05, 4.69) is 41.8 Å². The van der Waals surface area contributed by atoms with E-state index in [1.54, 1.807) is 0 Å². The van der Waals surface area contributed by atoms with Crippen molar-refractivity contribution in [1.29, 1.82) is 0 Å². The lowest BCUT2D eigenvalue weighted by Crippen LogP contribution is -2.16. The van der Waals surface area contributed by atoms with E-state index in [4.69, 9.17) is 17.3 Å². The lowest BCUT2D eigenvalue weighted by atomic mass is 9.94. The molecule has 0 saturated heterocycles. The summed E-state index contributed by atoms with van der Waals surface area (Å²) < 4.78 is 4.07. The van der Waals surface area contributed by atoms with Crippen molar-refractivity contribution in [3.8, 4) is 0 Å². The molecule has 2 aromatic heterocycles. The van der Waals surface area contributed by atoms with Crippen LogP contribution in [0.2, 0.25) is 5.02 Å². The second kappa shape index (κ2) is 6.02. The first-order valence-corrected chi connectivity index (χ1v) is 8.28. The fraction of sp³-hybridized carbons (Fsp3) is 0.389. The molecule has 0 saturated carbocycles. The summed E-state index contributed by atoms with van der Waals surface area (Å²) >= 11 is 6.14. The summed E-state index contributed by atoms with van der Waals surface area (Å²) in [6.07, 6.45) is 2.15. The van der Waals surface area contributed by atoms with Gasteiger partial charge in [0.05, 0.1) is 5.69 Å². The Labute approximate surface area is 141 Å².